The molecule has 0 N–H and O–H groups in total. The van der Waals surface area contributed by atoms with Crippen LogP contribution < -0.4 is 0 Å². The highest BCUT2D eigenvalue weighted by Crippen LogP contribution is 2.52. The second-order valence-electron chi connectivity index (χ2n) is 3.60. The Morgan fingerprint density at radius 3 is 2.60 bits per heavy atom. The molecule has 0 spiro atoms. The van der Waals surface area contributed by atoms with Gasteiger partial charge in [-0.25, -0.2) is 8.78 Å². The maximum Gasteiger partial charge on any atom is 0.251 e. The van der Waals surface area contributed by atoms with E-state index in [-0.39, 0.29) is 12.3 Å². The third-order valence-electron chi connectivity index (χ3n) is 3.05. The van der Waals surface area contributed by atoms with Gasteiger partial charge in [0.1, 0.15) is 0 Å². The highest BCUT2D eigenvalue weighted by molar-refractivity contribution is 4.94. The molecular formula is C8H12F2. The first-order chi connectivity index (χ1) is 4.70. The average Bonchev–Trinajstić information content (AvgIpc) is 2.36. The molecule has 0 aromatic heterocycles. The lowest BCUT2D eigenvalue weighted by Crippen LogP contribution is -2.21. The summed E-state index contributed by atoms with van der Waals surface area (Å²) in [7, 11) is 0. The van der Waals surface area contributed by atoms with Gasteiger partial charge in [0.05, 0.1) is 0 Å². The van der Waals surface area contributed by atoms with Crippen LogP contribution in [0.2, 0.25) is 0 Å². The summed E-state index contributed by atoms with van der Waals surface area (Å²) in [4.78, 5) is 0. The lowest BCUT2D eigenvalue weighted by molar-refractivity contribution is -0.0405. The fraction of sp³-hybridized carbons (Fsp3) is 1.00. The molecule has 0 aromatic rings. The van der Waals surface area contributed by atoms with Gasteiger partial charge < -0.3 is 0 Å². The quantitative estimate of drug-likeness (QED) is 0.493. The summed E-state index contributed by atoms with van der Waals surface area (Å²) in [6.07, 6.45) is 3.79. The van der Waals surface area contributed by atoms with Gasteiger partial charge in [0, 0.05) is 12.3 Å². The molecule has 2 heteroatoms. The van der Waals surface area contributed by atoms with Gasteiger partial charge in [-0.15, -0.1) is 0 Å². The second kappa shape index (κ2) is 1.93. The van der Waals surface area contributed by atoms with Crippen molar-refractivity contribution in [2.75, 3.05) is 0 Å². The van der Waals surface area contributed by atoms with E-state index in [1.807, 2.05) is 0 Å². The highest BCUT2D eigenvalue weighted by atomic mass is 19.3. The zero-order valence-corrected chi connectivity index (χ0v) is 5.95. The van der Waals surface area contributed by atoms with E-state index >= 15 is 0 Å². The standard InChI is InChI=1S/C8H12F2/c9-8(10)5-4-6-2-1-3-7(6)8/h6-7H,1-5H2/t6-,7-/m1/s1. The molecule has 2 aliphatic rings. The van der Waals surface area contributed by atoms with Crippen LogP contribution in [0.4, 0.5) is 8.78 Å². The lowest BCUT2D eigenvalue weighted by Gasteiger charge is -2.16. The van der Waals surface area contributed by atoms with E-state index in [1.165, 1.54) is 0 Å². The van der Waals surface area contributed by atoms with Crippen molar-refractivity contribution in [3.05, 3.63) is 0 Å². The fourth-order valence-electron chi connectivity index (χ4n) is 2.50. The van der Waals surface area contributed by atoms with Crippen molar-refractivity contribution in [3.63, 3.8) is 0 Å². The first kappa shape index (κ1) is 6.56. The maximum atomic E-state index is 12.9. The topological polar surface area (TPSA) is 0 Å². The van der Waals surface area contributed by atoms with Gasteiger partial charge in [0.25, 0.3) is 5.92 Å². The van der Waals surface area contributed by atoms with Crippen molar-refractivity contribution < 1.29 is 8.78 Å². The van der Waals surface area contributed by atoms with Crippen molar-refractivity contribution in [1.82, 2.24) is 0 Å². The van der Waals surface area contributed by atoms with Crippen LogP contribution in [0, 0.1) is 11.8 Å². The lowest BCUT2D eigenvalue weighted by atomic mass is 9.99. The van der Waals surface area contributed by atoms with Gasteiger partial charge in [-0.1, -0.05) is 6.42 Å². The summed E-state index contributed by atoms with van der Waals surface area (Å²) < 4.78 is 25.8. The normalized spacial score (nSPS) is 43.8. The van der Waals surface area contributed by atoms with E-state index in [0.717, 1.165) is 25.7 Å². The van der Waals surface area contributed by atoms with Crippen molar-refractivity contribution in [3.8, 4) is 0 Å². The Bertz CT molecular complexity index is 142. The zero-order valence-electron chi connectivity index (χ0n) is 5.95. The predicted molar refractivity (Wildman–Crippen MR) is 35.0 cm³/mol. The van der Waals surface area contributed by atoms with Gasteiger partial charge in [-0.3, -0.25) is 0 Å². The summed E-state index contributed by atoms with van der Waals surface area (Å²) in [6.45, 7) is 0. The van der Waals surface area contributed by atoms with Crippen molar-refractivity contribution in [2.45, 2.75) is 38.0 Å². The summed E-state index contributed by atoms with van der Waals surface area (Å²) in [5.41, 5.74) is 0. The number of rotatable bonds is 0. The fourth-order valence-corrected chi connectivity index (χ4v) is 2.50. The Morgan fingerprint density at radius 1 is 1.10 bits per heavy atom. The van der Waals surface area contributed by atoms with Gasteiger partial charge in [-0.2, -0.15) is 0 Å². The summed E-state index contributed by atoms with van der Waals surface area (Å²) >= 11 is 0. The average molecular weight is 146 g/mol. The molecule has 0 amide bonds. The molecule has 2 rings (SSSR count). The molecule has 0 nitrogen and oxygen atoms in total. The molecule has 10 heavy (non-hydrogen) atoms. The number of alkyl halides is 2. The van der Waals surface area contributed by atoms with E-state index in [4.69, 9.17) is 0 Å². The minimum atomic E-state index is -2.30. The minimum Gasteiger partial charge on any atom is -0.207 e. The van der Waals surface area contributed by atoms with Gasteiger partial charge in [0.15, 0.2) is 0 Å². The Kier molecular flexibility index (Phi) is 1.26. The maximum absolute atomic E-state index is 12.9. The smallest absolute Gasteiger partial charge is 0.207 e. The first-order valence-corrected chi connectivity index (χ1v) is 4.08. The van der Waals surface area contributed by atoms with Gasteiger partial charge in [-0.05, 0) is 25.2 Å². The van der Waals surface area contributed by atoms with Crippen molar-refractivity contribution in [2.24, 2.45) is 11.8 Å². The molecule has 0 radical (unpaired) electrons. The number of fused-ring (bicyclic) bond motifs is 1. The Morgan fingerprint density at radius 2 is 1.90 bits per heavy atom. The number of hydrogen-bond donors (Lipinski definition) is 0. The second-order valence-corrected chi connectivity index (χ2v) is 3.60. The van der Waals surface area contributed by atoms with Crippen LogP contribution in [0.15, 0.2) is 0 Å². The van der Waals surface area contributed by atoms with Gasteiger partial charge in [0.2, 0.25) is 0 Å². The molecule has 0 bridgehead atoms. The SMILES string of the molecule is FC1(F)CC[C@H]2CCC[C@H]21. The van der Waals surface area contributed by atoms with Crippen molar-refractivity contribution >= 4 is 0 Å². The monoisotopic (exact) mass is 146 g/mol. The molecule has 2 aliphatic carbocycles. The third-order valence-corrected chi connectivity index (χ3v) is 3.05. The van der Waals surface area contributed by atoms with Crippen LogP contribution in [0.1, 0.15) is 32.1 Å². The largest absolute Gasteiger partial charge is 0.251 e. The Hall–Kier alpha value is -0.140. The molecule has 0 heterocycles. The Labute approximate surface area is 59.6 Å². The Balaban J connectivity index is 2.16. The van der Waals surface area contributed by atoms with Crippen LogP contribution in [0.5, 0.6) is 0 Å². The van der Waals surface area contributed by atoms with Gasteiger partial charge >= 0.3 is 0 Å². The molecule has 0 aromatic carbocycles. The van der Waals surface area contributed by atoms with E-state index in [9.17, 15) is 8.78 Å². The van der Waals surface area contributed by atoms with Crippen molar-refractivity contribution in [1.29, 1.82) is 0 Å². The molecule has 58 valence electrons. The van der Waals surface area contributed by atoms with E-state index in [1.54, 1.807) is 0 Å². The molecule has 2 atom stereocenters. The van der Waals surface area contributed by atoms with Crippen LogP contribution in [-0.4, -0.2) is 5.92 Å². The molecule has 2 saturated carbocycles. The van der Waals surface area contributed by atoms with E-state index in [2.05, 4.69) is 0 Å². The highest BCUT2D eigenvalue weighted by Gasteiger charge is 2.51. The third kappa shape index (κ3) is 0.774. The number of halogens is 2. The summed E-state index contributed by atoms with van der Waals surface area (Å²) in [5, 5.41) is 0. The zero-order chi connectivity index (χ0) is 7.19. The summed E-state index contributed by atoms with van der Waals surface area (Å²) in [5.74, 6) is -2.18. The number of hydrogen-bond acceptors (Lipinski definition) is 0. The van der Waals surface area contributed by atoms with Crippen LogP contribution in [-0.2, 0) is 0 Å². The molecule has 2 fully saturated rings. The molecule has 0 unspecified atom stereocenters. The predicted octanol–water partition coefficient (Wildman–Crippen LogP) is 2.83. The molecular weight excluding hydrogens is 134 g/mol. The molecule has 0 aliphatic heterocycles. The van der Waals surface area contributed by atoms with Crippen LogP contribution >= 0.6 is 0 Å². The van der Waals surface area contributed by atoms with Crippen LogP contribution in [0.25, 0.3) is 0 Å². The minimum absolute atomic E-state index is 0.155. The van der Waals surface area contributed by atoms with E-state index in [0.29, 0.717) is 5.92 Å². The summed E-state index contributed by atoms with van der Waals surface area (Å²) in [6, 6.07) is 0. The van der Waals surface area contributed by atoms with E-state index < -0.39 is 5.92 Å². The first-order valence-electron chi connectivity index (χ1n) is 4.08. The van der Waals surface area contributed by atoms with Crippen LogP contribution in [0.3, 0.4) is 0 Å². The molecule has 0 saturated heterocycles.